The Morgan fingerprint density at radius 1 is 1.07 bits per heavy atom. The number of rotatable bonds is 9. The number of oxazole rings is 1. The second-order valence-corrected chi connectivity index (χ2v) is 6.10. The van der Waals surface area contributed by atoms with Crippen LogP contribution in [0.5, 0.6) is 5.88 Å². The van der Waals surface area contributed by atoms with Gasteiger partial charge >= 0.3 is 0 Å². The molecule has 0 unspecified atom stereocenters. The zero-order valence-corrected chi connectivity index (χ0v) is 16.6. The molecule has 0 aliphatic rings. The fraction of sp³-hybridized carbons (Fsp3) is 0.286. The summed E-state index contributed by atoms with van der Waals surface area (Å²) in [5.74, 6) is 1.82. The summed E-state index contributed by atoms with van der Waals surface area (Å²) in [5.41, 5.74) is 2.66. The third-order valence-electron chi connectivity index (χ3n) is 4.06. The van der Waals surface area contributed by atoms with Crippen LogP contribution in [0.15, 0.2) is 64.3 Å². The maximum Gasteiger partial charge on any atom is 0.226 e. The van der Waals surface area contributed by atoms with E-state index < -0.39 is 0 Å². The van der Waals surface area contributed by atoms with E-state index in [1.807, 2.05) is 42.5 Å². The Hall–Kier alpha value is -3.39. The van der Waals surface area contributed by atoms with Gasteiger partial charge in [-0.15, -0.1) is 0 Å². The van der Waals surface area contributed by atoms with E-state index >= 15 is 0 Å². The lowest BCUT2D eigenvalue weighted by Crippen LogP contribution is -2.36. The van der Waals surface area contributed by atoms with Crippen LogP contribution < -0.4 is 15.4 Å². The Kier molecular flexibility index (Phi) is 7.59. The highest BCUT2D eigenvalue weighted by molar-refractivity contribution is 5.79. The third kappa shape index (κ3) is 6.05. The number of methoxy groups -OCH3 is 1. The summed E-state index contributed by atoms with van der Waals surface area (Å²) >= 11 is 0. The molecule has 8 heteroatoms. The molecule has 8 nitrogen and oxygen atoms in total. The molecular weight excluding hydrogens is 370 g/mol. The summed E-state index contributed by atoms with van der Waals surface area (Å²) in [6, 6.07) is 13.6. The number of hydrogen-bond acceptors (Lipinski definition) is 6. The van der Waals surface area contributed by atoms with Crippen LogP contribution in [0.3, 0.4) is 0 Å². The summed E-state index contributed by atoms with van der Waals surface area (Å²) in [5, 5.41) is 6.48. The summed E-state index contributed by atoms with van der Waals surface area (Å²) in [6.07, 6.45) is 3.35. The van der Waals surface area contributed by atoms with Crippen LogP contribution in [0, 0.1) is 0 Å². The number of aliphatic imine (C=N–C) groups is 1. The van der Waals surface area contributed by atoms with Crippen molar-refractivity contribution < 1.29 is 13.9 Å². The molecule has 2 heterocycles. The molecule has 3 aromatic rings. The van der Waals surface area contributed by atoms with Crippen molar-refractivity contribution in [3.63, 3.8) is 0 Å². The average molecular weight is 395 g/mol. The van der Waals surface area contributed by atoms with Gasteiger partial charge in [0.25, 0.3) is 0 Å². The van der Waals surface area contributed by atoms with E-state index in [2.05, 4.69) is 25.6 Å². The van der Waals surface area contributed by atoms with Gasteiger partial charge in [0.15, 0.2) is 5.96 Å². The number of nitrogens with zero attached hydrogens (tertiary/aromatic N) is 3. The number of nitrogens with one attached hydrogen (secondary N) is 2. The maximum absolute atomic E-state index is 5.66. The fourth-order valence-corrected chi connectivity index (χ4v) is 2.59. The molecule has 0 atom stereocenters. The minimum absolute atomic E-state index is 0.448. The second kappa shape index (κ2) is 10.8. The Labute approximate surface area is 170 Å². The summed E-state index contributed by atoms with van der Waals surface area (Å²) < 4.78 is 16.2. The molecule has 0 fully saturated rings. The zero-order valence-electron chi connectivity index (χ0n) is 16.6. The second-order valence-electron chi connectivity index (χ2n) is 6.10. The van der Waals surface area contributed by atoms with Gasteiger partial charge in [-0.2, -0.15) is 0 Å². The van der Waals surface area contributed by atoms with E-state index in [0.717, 1.165) is 16.8 Å². The number of aromatic nitrogens is 2. The highest BCUT2D eigenvalue weighted by Gasteiger charge is 2.09. The van der Waals surface area contributed by atoms with Crippen molar-refractivity contribution in [1.29, 1.82) is 0 Å². The first kappa shape index (κ1) is 20.3. The lowest BCUT2D eigenvalue weighted by atomic mass is 10.2. The van der Waals surface area contributed by atoms with E-state index in [1.54, 1.807) is 26.6 Å². The van der Waals surface area contributed by atoms with Gasteiger partial charge in [-0.25, -0.2) is 9.97 Å². The molecule has 0 aliphatic heterocycles. The molecule has 0 spiro atoms. The number of benzene rings is 1. The fourth-order valence-electron chi connectivity index (χ4n) is 2.59. The summed E-state index contributed by atoms with van der Waals surface area (Å²) in [6.45, 7) is 1.96. The van der Waals surface area contributed by atoms with Gasteiger partial charge in [0, 0.05) is 38.0 Å². The van der Waals surface area contributed by atoms with Crippen molar-refractivity contribution >= 4 is 5.96 Å². The molecule has 152 valence electrons. The molecule has 0 saturated heterocycles. The van der Waals surface area contributed by atoms with E-state index in [4.69, 9.17) is 13.9 Å². The van der Waals surface area contributed by atoms with Crippen molar-refractivity contribution in [3.8, 4) is 17.3 Å². The first-order valence-electron chi connectivity index (χ1n) is 9.30. The smallest absolute Gasteiger partial charge is 0.226 e. The lowest BCUT2D eigenvalue weighted by molar-refractivity contribution is 0.143. The number of ether oxygens (including phenoxy) is 2. The Balaban J connectivity index is 1.52. The minimum atomic E-state index is 0.448. The van der Waals surface area contributed by atoms with Gasteiger partial charge in [0.2, 0.25) is 11.8 Å². The van der Waals surface area contributed by atoms with Crippen molar-refractivity contribution in [1.82, 2.24) is 20.6 Å². The Bertz CT molecular complexity index is 911. The number of hydrogen-bond donors (Lipinski definition) is 2. The lowest BCUT2D eigenvalue weighted by Gasteiger charge is -2.13. The van der Waals surface area contributed by atoms with Gasteiger partial charge in [0.05, 0.1) is 18.8 Å². The van der Waals surface area contributed by atoms with Crippen molar-refractivity contribution in [3.05, 3.63) is 66.2 Å². The predicted octanol–water partition coefficient (Wildman–Crippen LogP) is 2.63. The van der Waals surface area contributed by atoms with Crippen LogP contribution in [0.4, 0.5) is 0 Å². The maximum atomic E-state index is 5.66. The molecule has 0 bridgehead atoms. The zero-order chi connectivity index (χ0) is 20.3. The van der Waals surface area contributed by atoms with Gasteiger partial charge in [-0.1, -0.05) is 24.3 Å². The molecule has 0 saturated carbocycles. The largest absolute Gasteiger partial charge is 0.475 e. The number of guanidine groups is 1. The molecule has 0 radical (unpaired) electrons. The van der Waals surface area contributed by atoms with Crippen molar-refractivity contribution in [2.24, 2.45) is 4.99 Å². The van der Waals surface area contributed by atoms with Crippen LogP contribution in [0.25, 0.3) is 11.5 Å². The minimum Gasteiger partial charge on any atom is -0.475 e. The molecule has 2 N–H and O–H groups in total. The quantitative estimate of drug-likeness (QED) is 0.327. The normalized spacial score (nSPS) is 11.3. The van der Waals surface area contributed by atoms with Crippen LogP contribution >= 0.6 is 0 Å². The standard InChI is InChI=1S/C21H25N5O3/c1-22-21(24-13-17-9-6-10-23-19(17)28-12-11-27-2)25-14-18-15-29-20(26-18)16-7-4-3-5-8-16/h3-10,15H,11-14H2,1-2H3,(H2,22,24,25). The first-order chi connectivity index (χ1) is 14.3. The van der Waals surface area contributed by atoms with Crippen LogP contribution in [-0.2, 0) is 17.8 Å². The average Bonchev–Trinajstić information content (AvgIpc) is 3.25. The third-order valence-corrected chi connectivity index (χ3v) is 4.06. The van der Waals surface area contributed by atoms with Crippen LogP contribution in [0.1, 0.15) is 11.3 Å². The van der Waals surface area contributed by atoms with E-state index in [0.29, 0.717) is 44.0 Å². The van der Waals surface area contributed by atoms with Crippen LogP contribution in [0.2, 0.25) is 0 Å². The first-order valence-corrected chi connectivity index (χ1v) is 9.30. The van der Waals surface area contributed by atoms with Gasteiger partial charge in [0.1, 0.15) is 12.9 Å². The predicted molar refractivity (Wildman–Crippen MR) is 111 cm³/mol. The van der Waals surface area contributed by atoms with E-state index in [-0.39, 0.29) is 0 Å². The summed E-state index contributed by atoms with van der Waals surface area (Å²) in [7, 11) is 3.35. The molecule has 0 aliphatic carbocycles. The van der Waals surface area contributed by atoms with Gasteiger partial charge < -0.3 is 24.5 Å². The monoisotopic (exact) mass is 395 g/mol. The van der Waals surface area contributed by atoms with Gasteiger partial charge in [-0.05, 0) is 18.2 Å². The highest BCUT2D eigenvalue weighted by Crippen LogP contribution is 2.18. The number of pyridine rings is 1. The van der Waals surface area contributed by atoms with Crippen molar-refractivity contribution in [2.75, 3.05) is 27.4 Å². The highest BCUT2D eigenvalue weighted by atomic mass is 16.5. The SMILES string of the molecule is CN=C(NCc1coc(-c2ccccc2)n1)NCc1cccnc1OCCOC. The van der Waals surface area contributed by atoms with Crippen LogP contribution in [-0.4, -0.2) is 43.3 Å². The van der Waals surface area contributed by atoms with E-state index in [1.165, 1.54) is 0 Å². The van der Waals surface area contributed by atoms with E-state index in [9.17, 15) is 0 Å². The summed E-state index contributed by atoms with van der Waals surface area (Å²) in [4.78, 5) is 13.0. The molecule has 1 aromatic carbocycles. The molecule has 29 heavy (non-hydrogen) atoms. The Morgan fingerprint density at radius 2 is 1.90 bits per heavy atom. The van der Waals surface area contributed by atoms with Gasteiger partial charge in [-0.3, -0.25) is 4.99 Å². The molecular formula is C21H25N5O3. The topological polar surface area (TPSA) is 93.8 Å². The molecule has 3 rings (SSSR count). The Morgan fingerprint density at radius 3 is 2.69 bits per heavy atom. The molecule has 2 aromatic heterocycles. The molecule has 0 amide bonds. The van der Waals surface area contributed by atoms with Crippen molar-refractivity contribution in [2.45, 2.75) is 13.1 Å².